The summed E-state index contributed by atoms with van der Waals surface area (Å²) in [6, 6.07) is 8.19. The predicted molar refractivity (Wildman–Crippen MR) is 71.4 cm³/mol. The Morgan fingerprint density at radius 2 is 1.95 bits per heavy atom. The number of anilines is 1. The molecule has 1 aromatic carbocycles. The van der Waals surface area contributed by atoms with E-state index >= 15 is 0 Å². The molecule has 1 unspecified atom stereocenters. The summed E-state index contributed by atoms with van der Waals surface area (Å²) in [6.45, 7) is 1.65. The number of carbonyl (C=O) groups is 2. The molecule has 1 aromatic rings. The van der Waals surface area contributed by atoms with E-state index in [0.717, 1.165) is 11.3 Å². The van der Waals surface area contributed by atoms with Gasteiger partial charge in [-0.05, 0) is 24.6 Å². The first-order valence-corrected chi connectivity index (χ1v) is 5.82. The van der Waals surface area contributed by atoms with Gasteiger partial charge in [0.25, 0.3) is 0 Å². The van der Waals surface area contributed by atoms with Gasteiger partial charge in [0.2, 0.25) is 5.91 Å². The summed E-state index contributed by atoms with van der Waals surface area (Å²) in [5, 5.41) is 16.0. The quantitative estimate of drug-likeness (QED) is 0.753. The maximum atomic E-state index is 11.6. The second kappa shape index (κ2) is 7.01. The van der Waals surface area contributed by atoms with Gasteiger partial charge in [-0.2, -0.15) is 5.26 Å². The van der Waals surface area contributed by atoms with Crippen LogP contribution in [0.5, 0.6) is 0 Å². The van der Waals surface area contributed by atoms with Gasteiger partial charge in [-0.25, -0.2) is 4.79 Å². The molecule has 0 bridgehead atoms. The normalized spacial score (nSPS) is 11.0. The van der Waals surface area contributed by atoms with Crippen LogP contribution in [0.25, 0.3) is 0 Å². The summed E-state index contributed by atoms with van der Waals surface area (Å²) >= 11 is 0. The third-order valence-corrected chi connectivity index (χ3v) is 2.48. The van der Waals surface area contributed by atoms with E-state index in [9.17, 15) is 9.59 Å². The number of urea groups is 1. The van der Waals surface area contributed by atoms with Crippen molar-refractivity contribution >= 4 is 17.6 Å². The Hall–Kier alpha value is -2.55. The second-order valence-corrected chi connectivity index (χ2v) is 3.97. The van der Waals surface area contributed by atoms with E-state index in [1.54, 1.807) is 19.1 Å². The number of nitrogens with one attached hydrogen (secondary N) is 3. The second-order valence-electron chi connectivity index (χ2n) is 3.97. The van der Waals surface area contributed by atoms with Crippen LogP contribution in [0.2, 0.25) is 0 Å². The number of imide groups is 1. The van der Waals surface area contributed by atoms with Crippen molar-refractivity contribution in [3.63, 3.8) is 0 Å². The van der Waals surface area contributed by atoms with Crippen molar-refractivity contribution in [1.82, 2.24) is 10.6 Å². The summed E-state index contributed by atoms with van der Waals surface area (Å²) < 4.78 is 0. The van der Waals surface area contributed by atoms with Gasteiger partial charge in [-0.3, -0.25) is 10.1 Å². The molecule has 0 aromatic heterocycles. The van der Waals surface area contributed by atoms with Gasteiger partial charge in [-0.15, -0.1) is 0 Å². The van der Waals surface area contributed by atoms with Gasteiger partial charge in [0.15, 0.2) is 0 Å². The van der Waals surface area contributed by atoms with Crippen molar-refractivity contribution in [3.05, 3.63) is 29.8 Å². The van der Waals surface area contributed by atoms with Crippen LogP contribution in [0, 0.1) is 11.3 Å². The minimum Gasteiger partial charge on any atom is -0.374 e. The molecule has 0 aliphatic heterocycles. The van der Waals surface area contributed by atoms with Crippen LogP contribution in [-0.2, 0) is 11.2 Å². The molecule has 0 heterocycles. The molecule has 0 radical (unpaired) electrons. The zero-order chi connectivity index (χ0) is 14.3. The molecular formula is C13H16N4O2. The van der Waals surface area contributed by atoms with Crippen LogP contribution in [0.1, 0.15) is 12.5 Å². The van der Waals surface area contributed by atoms with Crippen LogP contribution in [0.15, 0.2) is 24.3 Å². The molecule has 0 fully saturated rings. The van der Waals surface area contributed by atoms with Gasteiger partial charge < -0.3 is 10.6 Å². The van der Waals surface area contributed by atoms with E-state index in [2.05, 4.69) is 22.0 Å². The van der Waals surface area contributed by atoms with E-state index in [1.807, 2.05) is 12.1 Å². The van der Waals surface area contributed by atoms with E-state index in [-0.39, 0.29) is 0 Å². The first-order chi connectivity index (χ1) is 9.06. The average molecular weight is 260 g/mol. The Morgan fingerprint density at radius 1 is 1.32 bits per heavy atom. The van der Waals surface area contributed by atoms with Crippen molar-refractivity contribution in [2.24, 2.45) is 0 Å². The maximum Gasteiger partial charge on any atom is 0.321 e. The molecular weight excluding hydrogens is 244 g/mol. The smallest absolute Gasteiger partial charge is 0.321 e. The molecule has 3 N–H and O–H groups in total. The van der Waals surface area contributed by atoms with Crippen molar-refractivity contribution in [2.45, 2.75) is 19.4 Å². The van der Waals surface area contributed by atoms with Crippen molar-refractivity contribution < 1.29 is 9.59 Å². The summed E-state index contributed by atoms with van der Waals surface area (Å²) in [7, 11) is 1.44. The number of hydrogen-bond donors (Lipinski definition) is 3. The Kier molecular flexibility index (Phi) is 5.35. The molecule has 0 aliphatic carbocycles. The van der Waals surface area contributed by atoms with E-state index < -0.39 is 18.0 Å². The molecule has 19 heavy (non-hydrogen) atoms. The first-order valence-electron chi connectivity index (χ1n) is 5.82. The zero-order valence-corrected chi connectivity index (χ0v) is 10.9. The lowest BCUT2D eigenvalue weighted by atomic mass is 10.1. The SMILES string of the molecule is CNC(=O)NC(=O)C(C)Nc1ccc(CC#N)cc1. The molecule has 1 rings (SSSR count). The molecule has 3 amide bonds. The van der Waals surface area contributed by atoms with Gasteiger partial charge in [0.1, 0.15) is 6.04 Å². The van der Waals surface area contributed by atoms with Gasteiger partial charge in [0, 0.05) is 12.7 Å². The molecule has 6 heteroatoms. The van der Waals surface area contributed by atoms with E-state index in [1.165, 1.54) is 7.05 Å². The maximum absolute atomic E-state index is 11.6. The number of benzene rings is 1. The van der Waals surface area contributed by atoms with Crippen LogP contribution >= 0.6 is 0 Å². The highest BCUT2D eigenvalue weighted by Crippen LogP contribution is 2.11. The van der Waals surface area contributed by atoms with E-state index in [0.29, 0.717) is 6.42 Å². The minimum absolute atomic E-state index is 0.354. The number of nitriles is 1. The number of carbonyl (C=O) groups excluding carboxylic acids is 2. The average Bonchev–Trinajstić information content (AvgIpc) is 2.41. The van der Waals surface area contributed by atoms with Crippen molar-refractivity contribution in [3.8, 4) is 6.07 Å². The summed E-state index contributed by atoms with van der Waals surface area (Å²) in [6.07, 6.45) is 0.354. The molecule has 6 nitrogen and oxygen atoms in total. The Bertz CT molecular complexity index is 490. The number of amides is 3. The fraction of sp³-hybridized carbons (Fsp3) is 0.308. The Labute approximate surface area is 111 Å². The number of rotatable bonds is 4. The fourth-order valence-electron chi connectivity index (χ4n) is 1.41. The number of hydrogen-bond acceptors (Lipinski definition) is 4. The largest absolute Gasteiger partial charge is 0.374 e. The lowest BCUT2D eigenvalue weighted by Crippen LogP contribution is -2.44. The molecule has 0 aliphatic rings. The lowest BCUT2D eigenvalue weighted by Gasteiger charge is -2.14. The van der Waals surface area contributed by atoms with Crippen molar-refractivity contribution in [2.75, 3.05) is 12.4 Å². The fourth-order valence-corrected chi connectivity index (χ4v) is 1.41. The molecule has 100 valence electrons. The highest BCUT2D eigenvalue weighted by Gasteiger charge is 2.14. The van der Waals surface area contributed by atoms with E-state index in [4.69, 9.17) is 5.26 Å². The molecule has 0 saturated heterocycles. The topological polar surface area (TPSA) is 94.0 Å². The zero-order valence-electron chi connectivity index (χ0n) is 10.9. The Balaban J connectivity index is 2.56. The monoisotopic (exact) mass is 260 g/mol. The standard InChI is InChI=1S/C13H16N4O2/c1-9(12(18)17-13(19)15-2)16-11-5-3-10(4-6-11)7-8-14/h3-6,9,16H,7H2,1-2H3,(H2,15,17,18,19). The summed E-state index contributed by atoms with van der Waals surface area (Å²) in [5.41, 5.74) is 1.66. The van der Waals surface area contributed by atoms with Crippen LogP contribution < -0.4 is 16.0 Å². The lowest BCUT2D eigenvalue weighted by molar-refractivity contribution is -0.120. The highest BCUT2D eigenvalue weighted by molar-refractivity contribution is 5.97. The first kappa shape index (κ1) is 14.5. The van der Waals surface area contributed by atoms with Crippen molar-refractivity contribution in [1.29, 1.82) is 5.26 Å². The minimum atomic E-state index is -0.542. The molecule has 0 saturated carbocycles. The Morgan fingerprint density at radius 3 is 2.47 bits per heavy atom. The third kappa shape index (κ3) is 4.68. The predicted octanol–water partition coefficient (Wildman–Crippen LogP) is 1.01. The summed E-state index contributed by atoms with van der Waals surface area (Å²) in [5.74, 6) is -0.416. The number of nitrogens with zero attached hydrogens (tertiary/aromatic N) is 1. The summed E-state index contributed by atoms with van der Waals surface area (Å²) in [4.78, 5) is 22.6. The van der Waals surface area contributed by atoms with Gasteiger partial charge >= 0.3 is 6.03 Å². The van der Waals surface area contributed by atoms with Crippen LogP contribution in [0.4, 0.5) is 10.5 Å². The van der Waals surface area contributed by atoms with Crippen LogP contribution in [-0.4, -0.2) is 25.0 Å². The van der Waals surface area contributed by atoms with Gasteiger partial charge in [0.05, 0.1) is 12.5 Å². The highest BCUT2D eigenvalue weighted by atomic mass is 16.2. The molecule has 0 spiro atoms. The molecule has 1 atom stereocenters. The third-order valence-electron chi connectivity index (χ3n) is 2.48. The van der Waals surface area contributed by atoms with Crippen LogP contribution in [0.3, 0.4) is 0 Å². The van der Waals surface area contributed by atoms with Gasteiger partial charge in [-0.1, -0.05) is 12.1 Å².